The highest BCUT2D eigenvalue weighted by atomic mass is 32.1. The van der Waals surface area contributed by atoms with Crippen LogP contribution in [0, 0.1) is 0 Å². The summed E-state index contributed by atoms with van der Waals surface area (Å²) in [6, 6.07) is 66.6. The van der Waals surface area contributed by atoms with Gasteiger partial charge in [-0.2, -0.15) is 0 Å². The van der Waals surface area contributed by atoms with Crippen molar-refractivity contribution < 1.29 is 0 Å². The molecule has 3 aromatic heterocycles. The molecule has 11 rings (SSSR count). The molecule has 0 bridgehead atoms. The Morgan fingerprint density at radius 1 is 0.314 bits per heavy atom. The zero-order valence-electron chi connectivity index (χ0n) is 27.6. The van der Waals surface area contributed by atoms with Gasteiger partial charge in [0.2, 0.25) is 0 Å². The predicted molar refractivity (Wildman–Crippen MR) is 219 cm³/mol. The third kappa shape index (κ3) is 4.29. The molecule has 0 aliphatic rings. The van der Waals surface area contributed by atoms with Crippen LogP contribution in [-0.2, 0) is 0 Å². The average Bonchev–Trinajstić information content (AvgIpc) is 3.85. The van der Waals surface area contributed by atoms with Gasteiger partial charge in [-0.25, -0.2) is 0 Å². The first-order valence-corrected chi connectivity index (χ1v) is 18.3. The molecule has 2 nitrogen and oxygen atoms in total. The minimum Gasteiger partial charge on any atom is -0.309 e. The van der Waals surface area contributed by atoms with E-state index in [2.05, 4.69) is 191 Å². The number of hydrogen-bond acceptors (Lipinski definition) is 1. The van der Waals surface area contributed by atoms with Gasteiger partial charge in [0.15, 0.2) is 0 Å². The van der Waals surface area contributed by atoms with Gasteiger partial charge in [-0.15, -0.1) is 11.3 Å². The second-order valence-electron chi connectivity index (χ2n) is 13.3. The molecule has 51 heavy (non-hydrogen) atoms. The number of para-hydroxylation sites is 3. The van der Waals surface area contributed by atoms with Crippen LogP contribution in [0.5, 0.6) is 0 Å². The Morgan fingerprint density at radius 2 is 0.843 bits per heavy atom. The summed E-state index contributed by atoms with van der Waals surface area (Å²) in [4.78, 5) is 0. The Balaban J connectivity index is 1.10. The SMILES string of the molecule is c1ccc(-c2ccc3c(c2)sc2c(-n4c5ccccc5c5cc(-c6ccc7c(c6)c6ccccc6n7-c6ccccc6)ccc54)cccc23)cc1. The summed E-state index contributed by atoms with van der Waals surface area (Å²) in [7, 11) is 0. The van der Waals surface area contributed by atoms with E-state index in [-0.39, 0.29) is 0 Å². The van der Waals surface area contributed by atoms with Gasteiger partial charge >= 0.3 is 0 Å². The van der Waals surface area contributed by atoms with E-state index in [0.29, 0.717) is 0 Å². The summed E-state index contributed by atoms with van der Waals surface area (Å²) in [6.07, 6.45) is 0. The molecule has 0 atom stereocenters. The molecule has 0 aliphatic carbocycles. The summed E-state index contributed by atoms with van der Waals surface area (Å²) in [5.74, 6) is 0. The van der Waals surface area contributed by atoms with E-state index in [4.69, 9.17) is 0 Å². The Hall–Kier alpha value is -6.42. The lowest BCUT2D eigenvalue weighted by molar-refractivity contribution is 1.18. The first-order valence-electron chi connectivity index (χ1n) is 17.4. The number of hydrogen-bond donors (Lipinski definition) is 0. The molecule has 3 heteroatoms. The van der Waals surface area contributed by atoms with E-state index in [1.807, 2.05) is 11.3 Å². The molecular formula is C48H30N2S. The summed E-state index contributed by atoms with van der Waals surface area (Å²) in [6.45, 7) is 0. The van der Waals surface area contributed by atoms with Crippen molar-refractivity contribution in [3.8, 4) is 33.6 Å². The second-order valence-corrected chi connectivity index (χ2v) is 14.4. The maximum Gasteiger partial charge on any atom is 0.0640 e. The Morgan fingerprint density at radius 3 is 1.55 bits per heavy atom. The van der Waals surface area contributed by atoms with Crippen LogP contribution < -0.4 is 0 Å². The minimum absolute atomic E-state index is 1.18. The topological polar surface area (TPSA) is 9.86 Å². The minimum atomic E-state index is 1.18. The van der Waals surface area contributed by atoms with Gasteiger partial charge in [0, 0.05) is 42.7 Å². The molecule has 3 heterocycles. The number of rotatable bonds is 4. The van der Waals surface area contributed by atoms with Crippen LogP contribution >= 0.6 is 11.3 Å². The van der Waals surface area contributed by atoms with Crippen molar-refractivity contribution in [1.29, 1.82) is 0 Å². The fourth-order valence-corrected chi connectivity index (χ4v) is 9.44. The third-order valence-electron chi connectivity index (χ3n) is 10.5. The Kier molecular flexibility index (Phi) is 6.16. The van der Waals surface area contributed by atoms with Crippen LogP contribution in [0.25, 0.3) is 97.4 Å². The van der Waals surface area contributed by atoms with Gasteiger partial charge in [0.05, 0.1) is 32.5 Å². The van der Waals surface area contributed by atoms with Crippen molar-refractivity contribution in [3.63, 3.8) is 0 Å². The lowest BCUT2D eigenvalue weighted by Gasteiger charge is -2.10. The number of benzene rings is 8. The van der Waals surface area contributed by atoms with Gasteiger partial charge in [-0.05, 0) is 82.9 Å². The van der Waals surface area contributed by atoms with Crippen LogP contribution in [0.15, 0.2) is 182 Å². The molecule has 0 fully saturated rings. The Labute approximate surface area is 298 Å². The van der Waals surface area contributed by atoms with E-state index < -0.39 is 0 Å². The monoisotopic (exact) mass is 666 g/mol. The largest absolute Gasteiger partial charge is 0.309 e. The quantitative estimate of drug-likeness (QED) is 0.177. The van der Waals surface area contributed by atoms with Gasteiger partial charge < -0.3 is 9.13 Å². The predicted octanol–water partition coefficient (Wildman–Crippen LogP) is 13.6. The zero-order valence-corrected chi connectivity index (χ0v) is 28.4. The smallest absolute Gasteiger partial charge is 0.0640 e. The summed E-state index contributed by atoms with van der Waals surface area (Å²) >= 11 is 1.89. The van der Waals surface area contributed by atoms with Crippen molar-refractivity contribution in [2.45, 2.75) is 0 Å². The fraction of sp³-hybridized carbons (Fsp3) is 0. The first kappa shape index (κ1) is 28.4. The molecule has 8 aromatic carbocycles. The lowest BCUT2D eigenvalue weighted by Crippen LogP contribution is -1.94. The highest BCUT2D eigenvalue weighted by molar-refractivity contribution is 7.26. The lowest BCUT2D eigenvalue weighted by atomic mass is 10.0. The van der Waals surface area contributed by atoms with Crippen LogP contribution in [-0.4, -0.2) is 9.13 Å². The van der Waals surface area contributed by atoms with Crippen molar-refractivity contribution >= 4 is 75.1 Å². The molecule has 0 unspecified atom stereocenters. The fourth-order valence-electron chi connectivity index (χ4n) is 8.19. The van der Waals surface area contributed by atoms with Crippen LogP contribution in [0.1, 0.15) is 0 Å². The molecular weight excluding hydrogens is 637 g/mol. The van der Waals surface area contributed by atoms with Crippen LogP contribution in [0.3, 0.4) is 0 Å². The molecule has 11 aromatic rings. The molecule has 0 spiro atoms. The second kappa shape index (κ2) is 11.0. The van der Waals surface area contributed by atoms with Crippen molar-refractivity contribution in [2.75, 3.05) is 0 Å². The molecule has 0 amide bonds. The van der Waals surface area contributed by atoms with E-state index in [9.17, 15) is 0 Å². The number of aromatic nitrogens is 2. The number of thiophene rings is 1. The summed E-state index contributed by atoms with van der Waals surface area (Å²) in [5, 5.41) is 7.67. The molecule has 0 saturated carbocycles. The third-order valence-corrected chi connectivity index (χ3v) is 11.7. The highest BCUT2D eigenvalue weighted by Crippen LogP contribution is 2.43. The summed E-state index contributed by atoms with van der Waals surface area (Å²) in [5.41, 5.74) is 12.2. The molecule has 0 aliphatic heterocycles. The standard InChI is InChI=1S/C48H30N2S/c1-3-12-31(13-4-1)34-22-25-38-39-18-11-21-46(48(39)51-47(38)30-34)50-43-20-10-8-17-37(43)41-29-33(24-27-45(41)50)32-23-26-44-40(28-32)36-16-7-9-19-42(36)49(44)35-14-5-2-6-15-35/h1-30H. The van der Waals surface area contributed by atoms with Gasteiger partial charge in [0.25, 0.3) is 0 Å². The summed E-state index contributed by atoms with van der Waals surface area (Å²) < 4.78 is 7.47. The van der Waals surface area contributed by atoms with Gasteiger partial charge in [-0.1, -0.05) is 121 Å². The molecule has 0 saturated heterocycles. The maximum atomic E-state index is 2.47. The molecule has 0 N–H and O–H groups in total. The average molecular weight is 667 g/mol. The Bertz CT molecular complexity index is 3130. The van der Waals surface area contributed by atoms with Gasteiger partial charge in [-0.3, -0.25) is 0 Å². The zero-order chi connectivity index (χ0) is 33.5. The van der Waals surface area contributed by atoms with E-state index in [1.165, 1.54) is 97.4 Å². The van der Waals surface area contributed by atoms with E-state index in [0.717, 1.165) is 0 Å². The van der Waals surface area contributed by atoms with Crippen LogP contribution in [0.2, 0.25) is 0 Å². The van der Waals surface area contributed by atoms with Crippen molar-refractivity contribution in [2.24, 2.45) is 0 Å². The first-order chi connectivity index (χ1) is 25.3. The van der Waals surface area contributed by atoms with Crippen LogP contribution in [0.4, 0.5) is 0 Å². The maximum absolute atomic E-state index is 2.47. The van der Waals surface area contributed by atoms with E-state index in [1.54, 1.807) is 0 Å². The molecule has 0 radical (unpaired) electrons. The van der Waals surface area contributed by atoms with Gasteiger partial charge in [0.1, 0.15) is 0 Å². The van der Waals surface area contributed by atoms with Crippen molar-refractivity contribution in [1.82, 2.24) is 9.13 Å². The number of nitrogens with zero attached hydrogens (tertiary/aromatic N) is 2. The highest BCUT2D eigenvalue weighted by Gasteiger charge is 2.18. The van der Waals surface area contributed by atoms with Crippen molar-refractivity contribution in [3.05, 3.63) is 182 Å². The normalized spacial score (nSPS) is 11.9. The van der Waals surface area contributed by atoms with E-state index >= 15 is 0 Å². The number of fused-ring (bicyclic) bond motifs is 9. The molecule has 238 valence electrons.